The van der Waals surface area contributed by atoms with Gasteiger partial charge in [-0.05, 0) is 56.2 Å². The Labute approximate surface area is 166 Å². The van der Waals surface area contributed by atoms with Crippen LogP contribution in [0, 0.1) is 5.92 Å². The van der Waals surface area contributed by atoms with Gasteiger partial charge in [0.25, 0.3) is 5.91 Å². The molecule has 1 aromatic carbocycles. The van der Waals surface area contributed by atoms with Gasteiger partial charge in [0.05, 0.1) is 11.6 Å². The number of halogens is 3. The van der Waals surface area contributed by atoms with Crippen molar-refractivity contribution in [2.45, 2.75) is 57.3 Å². The molecule has 1 unspecified atom stereocenters. The second-order valence-corrected chi connectivity index (χ2v) is 8.00. The van der Waals surface area contributed by atoms with Crippen LogP contribution in [0.2, 0.25) is 0 Å². The monoisotopic (exact) mass is 411 g/mol. The fourth-order valence-electron chi connectivity index (χ4n) is 3.91. The molecule has 1 aliphatic carbocycles. The quantitative estimate of drug-likeness (QED) is 0.746. The highest BCUT2D eigenvalue weighted by molar-refractivity contribution is 6.09. The van der Waals surface area contributed by atoms with Gasteiger partial charge in [0, 0.05) is 0 Å². The molecule has 1 saturated heterocycles. The molecule has 4 amide bonds. The van der Waals surface area contributed by atoms with E-state index in [4.69, 9.17) is 0 Å². The van der Waals surface area contributed by atoms with Gasteiger partial charge in [0.15, 0.2) is 0 Å². The molecule has 3 rings (SSSR count). The normalized spacial score (nSPS) is 25.8. The summed E-state index contributed by atoms with van der Waals surface area (Å²) >= 11 is 0. The van der Waals surface area contributed by atoms with Crippen LogP contribution in [0.15, 0.2) is 24.3 Å². The minimum Gasteiger partial charge on any atom is -0.348 e. The number of amides is 4. The highest BCUT2D eigenvalue weighted by Gasteiger charge is 2.52. The molecule has 1 saturated carbocycles. The lowest BCUT2D eigenvalue weighted by Gasteiger charge is -2.33. The first kappa shape index (κ1) is 21.1. The Bertz CT molecular complexity index is 817. The zero-order valence-corrected chi connectivity index (χ0v) is 16.3. The minimum atomic E-state index is -4.48. The second-order valence-electron chi connectivity index (χ2n) is 8.00. The van der Waals surface area contributed by atoms with Crippen LogP contribution in [0.5, 0.6) is 0 Å². The lowest BCUT2D eigenvalue weighted by Crippen LogP contribution is -2.50. The number of urea groups is 1. The highest BCUT2D eigenvalue weighted by Crippen LogP contribution is 2.36. The largest absolute Gasteiger partial charge is 0.416 e. The number of carbonyl (C=O) groups excluding carboxylic acids is 3. The number of nitrogens with zero attached hydrogens (tertiary/aromatic N) is 1. The van der Waals surface area contributed by atoms with E-state index in [1.807, 2.05) is 0 Å². The predicted molar refractivity (Wildman–Crippen MR) is 98.6 cm³/mol. The zero-order chi connectivity index (χ0) is 21.4. The summed E-state index contributed by atoms with van der Waals surface area (Å²) in [5, 5.41) is 5.30. The molecule has 1 atom stereocenters. The Kier molecular flexibility index (Phi) is 5.60. The maximum Gasteiger partial charge on any atom is 0.416 e. The molecule has 2 aliphatic rings. The van der Waals surface area contributed by atoms with Gasteiger partial charge in [0.1, 0.15) is 12.1 Å². The van der Waals surface area contributed by atoms with E-state index >= 15 is 0 Å². The Morgan fingerprint density at radius 1 is 1.31 bits per heavy atom. The van der Waals surface area contributed by atoms with Crippen LogP contribution < -0.4 is 10.6 Å². The summed E-state index contributed by atoms with van der Waals surface area (Å²) in [5.74, 6) is -0.535. The standard InChI is InChI=1S/C20H24F3N3O3/c1-12-6-8-19(9-7-12)17(28)26(18(29)25-19)11-16(27)24-13(2)14-4-3-5-15(10-14)20(21,22)23/h3-5,10,12-13H,6-9,11H2,1-2H3,(H,24,27)(H,25,29). The Balaban J connectivity index is 1.63. The minimum absolute atomic E-state index is 0.281. The van der Waals surface area contributed by atoms with Gasteiger partial charge < -0.3 is 10.6 Å². The van der Waals surface area contributed by atoms with Gasteiger partial charge in [0.2, 0.25) is 5.91 Å². The van der Waals surface area contributed by atoms with Crippen molar-refractivity contribution in [3.8, 4) is 0 Å². The van der Waals surface area contributed by atoms with Gasteiger partial charge >= 0.3 is 12.2 Å². The third-order valence-corrected chi connectivity index (χ3v) is 5.77. The van der Waals surface area contributed by atoms with Crippen LogP contribution in [0.3, 0.4) is 0 Å². The zero-order valence-electron chi connectivity index (χ0n) is 16.3. The van der Waals surface area contributed by atoms with E-state index in [2.05, 4.69) is 17.6 Å². The molecule has 9 heteroatoms. The van der Waals surface area contributed by atoms with Crippen molar-refractivity contribution in [3.05, 3.63) is 35.4 Å². The van der Waals surface area contributed by atoms with Crippen molar-refractivity contribution in [3.63, 3.8) is 0 Å². The predicted octanol–water partition coefficient (Wildman–Crippen LogP) is 3.38. The summed E-state index contributed by atoms with van der Waals surface area (Å²) in [7, 11) is 0. The number of rotatable bonds is 4. The Morgan fingerprint density at radius 3 is 2.59 bits per heavy atom. The summed E-state index contributed by atoms with van der Waals surface area (Å²) in [6, 6.07) is 3.35. The number of hydrogen-bond donors (Lipinski definition) is 2. The Hall–Kier alpha value is -2.58. The molecule has 2 fully saturated rings. The molecule has 1 aliphatic heterocycles. The fourth-order valence-corrected chi connectivity index (χ4v) is 3.91. The molecule has 29 heavy (non-hydrogen) atoms. The topological polar surface area (TPSA) is 78.5 Å². The van der Waals surface area contributed by atoms with Gasteiger partial charge in [-0.15, -0.1) is 0 Å². The summed E-state index contributed by atoms with van der Waals surface area (Å²) in [6.07, 6.45) is -1.77. The third kappa shape index (κ3) is 4.38. The Morgan fingerprint density at radius 2 is 1.97 bits per heavy atom. The van der Waals surface area contributed by atoms with Crippen molar-refractivity contribution < 1.29 is 27.6 Å². The van der Waals surface area contributed by atoms with Crippen LogP contribution in [0.4, 0.5) is 18.0 Å². The highest BCUT2D eigenvalue weighted by atomic mass is 19.4. The first-order chi connectivity index (χ1) is 13.5. The smallest absolute Gasteiger partial charge is 0.348 e. The average molecular weight is 411 g/mol. The molecule has 0 aromatic heterocycles. The second kappa shape index (κ2) is 7.68. The SMILES string of the molecule is CC1CCC2(CC1)NC(=O)N(CC(=O)NC(C)c1cccc(C(F)(F)F)c1)C2=O. The van der Waals surface area contributed by atoms with Crippen LogP contribution >= 0.6 is 0 Å². The summed E-state index contributed by atoms with van der Waals surface area (Å²) in [4.78, 5) is 38.3. The number of imide groups is 1. The van der Waals surface area contributed by atoms with E-state index in [1.165, 1.54) is 12.1 Å². The van der Waals surface area contributed by atoms with Crippen LogP contribution in [0.1, 0.15) is 56.7 Å². The average Bonchev–Trinajstić information content (AvgIpc) is 2.88. The van der Waals surface area contributed by atoms with Crippen molar-refractivity contribution in [2.75, 3.05) is 6.54 Å². The van der Waals surface area contributed by atoms with Crippen molar-refractivity contribution in [2.24, 2.45) is 5.92 Å². The molecule has 2 N–H and O–H groups in total. The van der Waals surface area contributed by atoms with Gasteiger partial charge in [-0.3, -0.25) is 14.5 Å². The molecule has 1 spiro atoms. The van der Waals surface area contributed by atoms with Crippen molar-refractivity contribution in [1.29, 1.82) is 0 Å². The fraction of sp³-hybridized carbons (Fsp3) is 0.550. The molecule has 158 valence electrons. The molecule has 1 aromatic rings. The van der Waals surface area contributed by atoms with Crippen LogP contribution in [0.25, 0.3) is 0 Å². The first-order valence-corrected chi connectivity index (χ1v) is 9.62. The number of hydrogen-bond acceptors (Lipinski definition) is 3. The third-order valence-electron chi connectivity index (χ3n) is 5.77. The van der Waals surface area contributed by atoms with E-state index < -0.39 is 47.7 Å². The molecular weight excluding hydrogens is 387 g/mol. The lowest BCUT2D eigenvalue weighted by molar-refractivity contribution is -0.137. The lowest BCUT2D eigenvalue weighted by atomic mass is 9.77. The maximum atomic E-state index is 12.9. The summed E-state index contributed by atoms with van der Waals surface area (Å²) in [6.45, 7) is 3.17. The van der Waals surface area contributed by atoms with Crippen LogP contribution in [-0.4, -0.2) is 34.8 Å². The molecule has 6 nitrogen and oxygen atoms in total. The van der Waals surface area contributed by atoms with E-state index in [0.29, 0.717) is 18.8 Å². The summed E-state index contributed by atoms with van der Waals surface area (Å²) in [5.41, 5.74) is -1.46. The van der Waals surface area contributed by atoms with E-state index in [0.717, 1.165) is 29.9 Å². The maximum absolute atomic E-state index is 12.9. The van der Waals surface area contributed by atoms with Crippen molar-refractivity contribution >= 4 is 17.8 Å². The molecule has 0 bridgehead atoms. The van der Waals surface area contributed by atoms with Gasteiger partial charge in [-0.25, -0.2) is 4.79 Å². The van der Waals surface area contributed by atoms with Gasteiger partial charge in [-0.2, -0.15) is 13.2 Å². The number of benzene rings is 1. The number of nitrogens with one attached hydrogen (secondary N) is 2. The molecule has 0 radical (unpaired) electrons. The van der Waals surface area contributed by atoms with Crippen LogP contribution in [-0.2, 0) is 15.8 Å². The first-order valence-electron chi connectivity index (χ1n) is 9.62. The van der Waals surface area contributed by atoms with Crippen molar-refractivity contribution in [1.82, 2.24) is 15.5 Å². The molecule has 1 heterocycles. The number of alkyl halides is 3. The van der Waals surface area contributed by atoms with E-state index in [-0.39, 0.29) is 5.56 Å². The van der Waals surface area contributed by atoms with Gasteiger partial charge in [-0.1, -0.05) is 19.1 Å². The molecular formula is C20H24F3N3O3. The van der Waals surface area contributed by atoms with E-state index in [9.17, 15) is 27.6 Å². The van der Waals surface area contributed by atoms with E-state index in [1.54, 1.807) is 6.92 Å². The summed E-state index contributed by atoms with van der Waals surface area (Å²) < 4.78 is 38.6. The number of carbonyl (C=O) groups is 3.